The van der Waals surface area contributed by atoms with E-state index in [0.29, 0.717) is 6.04 Å². The molecule has 1 unspecified atom stereocenters. The molecule has 1 atom stereocenters. The Morgan fingerprint density at radius 1 is 1.29 bits per heavy atom. The monoisotopic (exact) mass is 249 g/mol. The Bertz CT molecular complexity index is 362. The van der Waals surface area contributed by atoms with Crippen molar-refractivity contribution in [2.45, 2.75) is 56.4 Å². The van der Waals surface area contributed by atoms with E-state index in [4.69, 9.17) is 5.73 Å². The quantitative estimate of drug-likeness (QED) is 0.613. The van der Waals surface area contributed by atoms with Crippen molar-refractivity contribution in [3.05, 3.63) is 29.3 Å². The molecule has 1 nitrogen and oxygen atoms in total. The van der Waals surface area contributed by atoms with Crippen molar-refractivity contribution < 1.29 is 0 Å². The van der Waals surface area contributed by atoms with Crippen LogP contribution in [0.1, 0.15) is 43.7 Å². The molecule has 2 heteroatoms. The van der Waals surface area contributed by atoms with Crippen LogP contribution in [0.15, 0.2) is 23.1 Å². The van der Waals surface area contributed by atoms with Crippen LogP contribution in [-0.2, 0) is 12.8 Å². The number of benzene rings is 1. The summed E-state index contributed by atoms with van der Waals surface area (Å²) in [7, 11) is 0. The number of nitrogens with two attached hydrogens (primary N) is 1. The lowest BCUT2D eigenvalue weighted by molar-refractivity contribution is 0.589. The zero-order chi connectivity index (χ0) is 12.1. The molecule has 1 aliphatic rings. The maximum absolute atomic E-state index is 5.92. The number of thioether (sulfide) groups is 1. The highest BCUT2D eigenvalue weighted by atomic mass is 32.2. The van der Waals surface area contributed by atoms with Gasteiger partial charge in [-0.05, 0) is 67.5 Å². The van der Waals surface area contributed by atoms with Crippen molar-refractivity contribution in [3.63, 3.8) is 0 Å². The third-order valence-electron chi connectivity index (χ3n) is 3.58. The van der Waals surface area contributed by atoms with Gasteiger partial charge in [0, 0.05) is 10.9 Å². The largest absolute Gasteiger partial charge is 0.328 e. The van der Waals surface area contributed by atoms with Crippen LogP contribution in [0.2, 0.25) is 0 Å². The van der Waals surface area contributed by atoms with E-state index in [9.17, 15) is 0 Å². The molecular formula is C15H23NS. The normalized spacial score (nSPS) is 15.9. The van der Waals surface area contributed by atoms with Crippen LogP contribution < -0.4 is 5.73 Å². The molecule has 17 heavy (non-hydrogen) atoms. The van der Waals surface area contributed by atoms with E-state index >= 15 is 0 Å². The van der Waals surface area contributed by atoms with Gasteiger partial charge in [-0.15, -0.1) is 11.8 Å². The molecule has 0 spiro atoms. The van der Waals surface area contributed by atoms with Crippen molar-refractivity contribution in [3.8, 4) is 0 Å². The molecule has 0 amide bonds. The highest BCUT2D eigenvalue weighted by Crippen LogP contribution is 2.28. The van der Waals surface area contributed by atoms with Crippen molar-refractivity contribution in [1.82, 2.24) is 0 Å². The van der Waals surface area contributed by atoms with E-state index in [1.807, 2.05) is 11.8 Å². The SMILES string of the molecule is CCC(N)CCCSc1ccc2c(c1)CCC2. The molecule has 0 saturated carbocycles. The Morgan fingerprint density at radius 3 is 2.94 bits per heavy atom. The first kappa shape index (κ1) is 13.0. The second kappa shape index (κ2) is 6.46. The van der Waals surface area contributed by atoms with Gasteiger partial charge in [0.15, 0.2) is 0 Å². The molecule has 0 fully saturated rings. The van der Waals surface area contributed by atoms with Crippen LogP contribution in [0.25, 0.3) is 0 Å². The first-order valence-corrected chi connectivity index (χ1v) is 7.78. The maximum Gasteiger partial charge on any atom is 0.00748 e. The standard InChI is InChI=1S/C15H23NS/c1-2-14(16)7-4-10-17-15-9-8-12-5-3-6-13(12)11-15/h8-9,11,14H,2-7,10,16H2,1H3. The summed E-state index contributed by atoms with van der Waals surface area (Å²) in [4.78, 5) is 1.44. The first-order chi connectivity index (χ1) is 8.29. The predicted molar refractivity (Wildman–Crippen MR) is 76.7 cm³/mol. The summed E-state index contributed by atoms with van der Waals surface area (Å²) in [5.41, 5.74) is 9.07. The summed E-state index contributed by atoms with van der Waals surface area (Å²) in [5.74, 6) is 1.20. The van der Waals surface area contributed by atoms with Gasteiger partial charge in [0.05, 0.1) is 0 Å². The lowest BCUT2D eigenvalue weighted by Crippen LogP contribution is -2.18. The number of aryl methyl sites for hydroxylation is 2. The fourth-order valence-corrected chi connectivity index (χ4v) is 3.31. The van der Waals surface area contributed by atoms with Crippen molar-refractivity contribution in [2.24, 2.45) is 5.73 Å². The molecule has 2 rings (SSSR count). The third-order valence-corrected chi connectivity index (χ3v) is 4.66. The molecule has 94 valence electrons. The topological polar surface area (TPSA) is 26.0 Å². The molecule has 0 saturated heterocycles. The molecule has 1 aliphatic carbocycles. The van der Waals surface area contributed by atoms with Crippen LogP contribution in [-0.4, -0.2) is 11.8 Å². The highest BCUT2D eigenvalue weighted by Gasteiger charge is 2.10. The van der Waals surface area contributed by atoms with Gasteiger partial charge in [-0.1, -0.05) is 13.0 Å². The van der Waals surface area contributed by atoms with Gasteiger partial charge < -0.3 is 5.73 Å². The average molecular weight is 249 g/mol. The van der Waals surface area contributed by atoms with Gasteiger partial charge in [-0.25, -0.2) is 0 Å². The summed E-state index contributed by atoms with van der Waals surface area (Å²) >= 11 is 1.98. The van der Waals surface area contributed by atoms with Crippen molar-refractivity contribution in [1.29, 1.82) is 0 Å². The van der Waals surface area contributed by atoms with E-state index in [2.05, 4.69) is 25.1 Å². The molecule has 0 radical (unpaired) electrons. The van der Waals surface area contributed by atoms with Gasteiger partial charge in [-0.3, -0.25) is 0 Å². The fraction of sp³-hybridized carbons (Fsp3) is 0.600. The molecule has 1 aromatic carbocycles. The highest BCUT2D eigenvalue weighted by molar-refractivity contribution is 7.99. The van der Waals surface area contributed by atoms with E-state index in [0.717, 1.165) is 12.8 Å². The lowest BCUT2D eigenvalue weighted by atomic mass is 10.1. The van der Waals surface area contributed by atoms with Crippen LogP contribution in [0.4, 0.5) is 0 Å². The summed E-state index contributed by atoms with van der Waals surface area (Å²) in [6, 6.07) is 7.40. The van der Waals surface area contributed by atoms with E-state index in [1.54, 1.807) is 11.1 Å². The molecular weight excluding hydrogens is 226 g/mol. The van der Waals surface area contributed by atoms with Gasteiger partial charge >= 0.3 is 0 Å². The first-order valence-electron chi connectivity index (χ1n) is 6.79. The minimum atomic E-state index is 0.399. The minimum Gasteiger partial charge on any atom is -0.328 e. The molecule has 0 aromatic heterocycles. The fourth-order valence-electron chi connectivity index (χ4n) is 2.38. The Balaban J connectivity index is 1.76. The van der Waals surface area contributed by atoms with E-state index in [-0.39, 0.29) is 0 Å². The van der Waals surface area contributed by atoms with Crippen molar-refractivity contribution >= 4 is 11.8 Å². The van der Waals surface area contributed by atoms with Crippen LogP contribution in [0.3, 0.4) is 0 Å². The van der Waals surface area contributed by atoms with Crippen LogP contribution in [0.5, 0.6) is 0 Å². The smallest absolute Gasteiger partial charge is 0.00748 e. The van der Waals surface area contributed by atoms with Crippen LogP contribution in [0, 0.1) is 0 Å². The van der Waals surface area contributed by atoms with Gasteiger partial charge in [-0.2, -0.15) is 0 Å². The van der Waals surface area contributed by atoms with Gasteiger partial charge in [0.25, 0.3) is 0 Å². The number of rotatable bonds is 6. The zero-order valence-corrected chi connectivity index (χ0v) is 11.6. The zero-order valence-electron chi connectivity index (χ0n) is 10.7. The number of fused-ring (bicyclic) bond motifs is 1. The summed E-state index contributed by atoms with van der Waals surface area (Å²) in [5, 5.41) is 0. The average Bonchev–Trinajstić information content (AvgIpc) is 2.81. The van der Waals surface area contributed by atoms with Crippen molar-refractivity contribution in [2.75, 3.05) is 5.75 Å². The minimum absolute atomic E-state index is 0.399. The maximum atomic E-state index is 5.92. The molecule has 0 bridgehead atoms. The summed E-state index contributed by atoms with van der Waals surface area (Å²) in [6.07, 6.45) is 7.40. The Hall–Kier alpha value is -0.470. The summed E-state index contributed by atoms with van der Waals surface area (Å²) < 4.78 is 0. The molecule has 0 aliphatic heterocycles. The number of hydrogen-bond donors (Lipinski definition) is 1. The Morgan fingerprint density at radius 2 is 2.12 bits per heavy atom. The lowest BCUT2D eigenvalue weighted by Gasteiger charge is -2.08. The Labute approximate surface area is 109 Å². The molecule has 0 heterocycles. The molecule has 2 N–H and O–H groups in total. The third kappa shape index (κ3) is 3.75. The summed E-state index contributed by atoms with van der Waals surface area (Å²) in [6.45, 7) is 2.16. The van der Waals surface area contributed by atoms with E-state index in [1.165, 1.54) is 36.3 Å². The van der Waals surface area contributed by atoms with E-state index < -0.39 is 0 Å². The number of hydrogen-bond acceptors (Lipinski definition) is 2. The predicted octanol–water partition coefficient (Wildman–Crippen LogP) is 3.78. The molecule has 1 aromatic rings. The Kier molecular flexibility index (Phi) is 4.93. The van der Waals surface area contributed by atoms with Gasteiger partial charge in [0.2, 0.25) is 0 Å². The second-order valence-electron chi connectivity index (χ2n) is 4.94. The van der Waals surface area contributed by atoms with Gasteiger partial charge in [0.1, 0.15) is 0 Å². The van der Waals surface area contributed by atoms with Crippen LogP contribution >= 0.6 is 11.8 Å². The second-order valence-corrected chi connectivity index (χ2v) is 6.11.